The van der Waals surface area contributed by atoms with Gasteiger partial charge in [-0.1, -0.05) is 0 Å². The molecule has 1 aromatic heterocycles. The summed E-state index contributed by atoms with van der Waals surface area (Å²) in [6, 6.07) is 1.92. The second-order valence-electron chi connectivity index (χ2n) is 7.16. The number of aromatic nitrogens is 2. The molecule has 3 amide bonds. The molecule has 2 fully saturated rings. The number of likely N-dealkylation sites (N-methyl/N-ethyl adjacent to an activating group) is 1. The van der Waals surface area contributed by atoms with E-state index in [2.05, 4.69) is 15.3 Å². The van der Waals surface area contributed by atoms with E-state index in [4.69, 9.17) is 0 Å². The fraction of sp³-hybridized carbons (Fsp3) is 0.706. The predicted molar refractivity (Wildman–Crippen MR) is 95.4 cm³/mol. The first-order valence-corrected chi connectivity index (χ1v) is 9.06. The Labute approximate surface area is 148 Å². The molecule has 0 spiro atoms. The van der Waals surface area contributed by atoms with Crippen molar-refractivity contribution in [2.45, 2.75) is 38.8 Å². The van der Waals surface area contributed by atoms with Crippen molar-refractivity contribution in [2.75, 3.05) is 45.1 Å². The topological polar surface area (TPSA) is 73.7 Å². The molecule has 8 nitrogen and oxygen atoms in total. The molecule has 0 aromatic carbocycles. The lowest BCUT2D eigenvalue weighted by molar-refractivity contribution is -0.136. The molecule has 0 aliphatic carbocycles. The monoisotopic (exact) mass is 348 g/mol. The number of piperazine rings is 1. The van der Waals surface area contributed by atoms with E-state index in [1.54, 1.807) is 11.0 Å². The van der Waals surface area contributed by atoms with Crippen LogP contribution >= 0.6 is 0 Å². The van der Waals surface area contributed by atoms with Gasteiger partial charge in [0.25, 0.3) is 0 Å². The van der Waals surface area contributed by atoms with Gasteiger partial charge in [0.2, 0.25) is 5.91 Å². The summed E-state index contributed by atoms with van der Waals surface area (Å²) in [5, 5.41) is 7.17. The average Bonchev–Trinajstić information content (AvgIpc) is 3.23. The molecule has 1 aromatic rings. The molecule has 3 heterocycles. The molecule has 1 N–H and O–H groups in total. The van der Waals surface area contributed by atoms with Crippen LogP contribution in [0.3, 0.4) is 0 Å². The van der Waals surface area contributed by atoms with Crippen LogP contribution < -0.4 is 5.32 Å². The number of carbonyl (C=O) groups excluding carboxylic acids is 2. The average molecular weight is 348 g/mol. The van der Waals surface area contributed by atoms with Gasteiger partial charge in [-0.15, -0.1) is 0 Å². The van der Waals surface area contributed by atoms with E-state index in [-0.39, 0.29) is 24.0 Å². The van der Waals surface area contributed by atoms with E-state index in [9.17, 15) is 9.59 Å². The molecule has 8 heteroatoms. The van der Waals surface area contributed by atoms with E-state index < -0.39 is 0 Å². The molecule has 0 unspecified atom stereocenters. The van der Waals surface area contributed by atoms with Crippen LogP contribution in [0, 0.1) is 0 Å². The number of likely N-dealkylation sites (tertiary alicyclic amines) is 1. The second-order valence-corrected chi connectivity index (χ2v) is 7.16. The van der Waals surface area contributed by atoms with Crippen molar-refractivity contribution in [3.8, 4) is 0 Å². The van der Waals surface area contributed by atoms with Crippen molar-refractivity contribution in [1.29, 1.82) is 0 Å². The minimum absolute atomic E-state index is 0.0142. The third kappa shape index (κ3) is 3.95. The number of hydrogen-bond donors (Lipinski definition) is 1. The number of urea groups is 1. The highest BCUT2D eigenvalue weighted by Crippen LogP contribution is 2.18. The quantitative estimate of drug-likeness (QED) is 0.892. The van der Waals surface area contributed by atoms with Gasteiger partial charge in [-0.25, -0.2) is 4.79 Å². The van der Waals surface area contributed by atoms with Crippen molar-refractivity contribution >= 4 is 17.8 Å². The molecule has 0 saturated carbocycles. The number of nitrogens with zero attached hydrogens (tertiary/aromatic N) is 5. The molecular formula is C17H28N6O2. The number of rotatable bonds is 3. The molecular weight excluding hydrogens is 320 g/mol. The zero-order valence-corrected chi connectivity index (χ0v) is 15.3. The highest BCUT2D eigenvalue weighted by molar-refractivity contribution is 5.88. The number of amides is 3. The maximum absolute atomic E-state index is 12.6. The molecule has 2 aliphatic rings. The standard InChI is InChI=1S/C17H28N6O2/c1-13(2)23-8-6-15(19-23)18-17(25)22-11-9-21(10-12-22)16(24)14-5-4-7-20(14)3/h6,8,13-14H,4-5,7,9-12H2,1-3H3,(H,18,19,25)/t14-/m0/s1. The Bertz CT molecular complexity index is 620. The van der Waals surface area contributed by atoms with Gasteiger partial charge in [-0.2, -0.15) is 5.10 Å². The smallest absolute Gasteiger partial charge is 0.323 e. The summed E-state index contributed by atoms with van der Waals surface area (Å²) in [5.74, 6) is 0.764. The van der Waals surface area contributed by atoms with Crippen molar-refractivity contribution < 1.29 is 9.59 Å². The van der Waals surface area contributed by atoms with Gasteiger partial charge in [0, 0.05) is 44.5 Å². The van der Waals surface area contributed by atoms with Crippen molar-refractivity contribution in [3.63, 3.8) is 0 Å². The predicted octanol–water partition coefficient (Wildman–Crippen LogP) is 1.23. The third-order valence-electron chi connectivity index (χ3n) is 5.06. The number of hydrogen-bond acceptors (Lipinski definition) is 4. The van der Waals surface area contributed by atoms with Crippen LogP contribution in [0.2, 0.25) is 0 Å². The lowest BCUT2D eigenvalue weighted by Crippen LogP contribution is -2.55. The zero-order valence-electron chi connectivity index (χ0n) is 15.3. The summed E-state index contributed by atoms with van der Waals surface area (Å²) in [6.07, 6.45) is 3.88. The normalized spacial score (nSPS) is 21.8. The minimum Gasteiger partial charge on any atom is -0.338 e. The van der Waals surface area contributed by atoms with Crippen LogP contribution in [0.15, 0.2) is 12.3 Å². The highest BCUT2D eigenvalue weighted by atomic mass is 16.2. The van der Waals surface area contributed by atoms with Gasteiger partial charge in [-0.3, -0.25) is 19.7 Å². The lowest BCUT2D eigenvalue weighted by Gasteiger charge is -2.36. The Morgan fingerprint density at radius 2 is 1.84 bits per heavy atom. The van der Waals surface area contributed by atoms with E-state index >= 15 is 0 Å². The molecule has 2 saturated heterocycles. The maximum Gasteiger partial charge on any atom is 0.323 e. The summed E-state index contributed by atoms with van der Waals surface area (Å²) in [6.45, 7) is 7.36. The zero-order chi connectivity index (χ0) is 18.0. The molecule has 0 radical (unpaired) electrons. The van der Waals surface area contributed by atoms with Crippen molar-refractivity contribution in [2.24, 2.45) is 0 Å². The fourth-order valence-corrected chi connectivity index (χ4v) is 3.44. The first-order valence-electron chi connectivity index (χ1n) is 9.06. The van der Waals surface area contributed by atoms with Crippen LogP contribution in [-0.4, -0.2) is 82.2 Å². The van der Waals surface area contributed by atoms with Crippen LogP contribution in [0.1, 0.15) is 32.7 Å². The van der Waals surface area contributed by atoms with E-state index in [1.807, 2.05) is 36.7 Å². The third-order valence-corrected chi connectivity index (χ3v) is 5.06. The van der Waals surface area contributed by atoms with Crippen LogP contribution in [-0.2, 0) is 4.79 Å². The summed E-state index contributed by atoms with van der Waals surface area (Å²) >= 11 is 0. The van der Waals surface area contributed by atoms with Crippen molar-refractivity contribution in [3.05, 3.63) is 12.3 Å². The molecule has 1 atom stereocenters. The first kappa shape index (κ1) is 17.7. The van der Waals surface area contributed by atoms with E-state index in [1.165, 1.54) is 0 Å². The van der Waals surface area contributed by atoms with Gasteiger partial charge < -0.3 is 9.80 Å². The largest absolute Gasteiger partial charge is 0.338 e. The number of nitrogens with one attached hydrogen (secondary N) is 1. The molecule has 25 heavy (non-hydrogen) atoms. The maximum atomic E-state index is 12.6. The summed E-state index contributed by atoms with van der Waals surface area (Å²) < 4.78 is 1.81. The Morgan fingerprint density at radius 1 is 1.16 bits per heavy atom. The first-order chi connectivity index (χ1) is 12.0. The lowest BCUT2D eigenvalue weighted by atomic mass is 10.2. The summed E-state index contributed by atoms with van der Waals surface area (Å²) in [5.41, 5.74) is 0. The summed E-state index contributed by atoms with van der Waals surface area (Å²) in [7, 11) is 2.01. The Morgan fingerprint density at radius 3 is 2.40 bits per heavy atom. The van der Waals surface area contributed by atoms with E-state index in [0.29, 0.717) is 32.0 Å². The molecule has 0 bridgehead atoms. The van der Waals surface area contributed by atoms with Crippen LogP contribution in [0.5, 0.6) is 0 Å². The molecule has 2 aliphatic heterocycles. The van der Waals surface area contributed by atoms with Gasteiger partial charge >= 0.3 is 6.03 Å². The van der Waals surface area contributed by atoms with Crippen LogP contribution in [0.25, 0.3) is 0 Å². The Balaban J connectivity index is 1.49. The van der Waals surface area contributed by atoms with Gasteiger partial charge in [-0.05, 0) is 40.3 Å². The Hall–Kier alpha value is -2.09. The highest BCUT2D eigenvalue weighted by Gasteiger charge is 2.33. The Kier molecular flexibility index (Phi) is 5.27. The van der Waals surface area contributed by atoms with E-state index in [0.717, 1.165) is 19.4 Å². The van der Waals surface area contributed by atoms with Gasteiger partial charge in [0.1, 0.15) is 0 Å². The fourth-order valence-electron chi connectivity index (χ4n) is 3.44. The molecule has 138 valence electrons. The number of anilines is 1. The number of carbonyl (C=O) groups is 2. The SMILES string of the molecule is CC(C)n1ccc(NC(=O)N2CCN(C(=O)[C@@H]3CCCN3C)CC2)n1. The van der Waals surface area contributed by atoms with Gasteiger partial charge in [0.05, 0.1) is 6.04 Å². The molecule has 3 rings (SSSR count). The van der Waals surface area contributed by atoms with Crippen LogP contribution in [0.4, 0.5) is 10.6 Å². The minimum atomic E-state index is -0.154. The van der Waals surface area contributed by atoms with Crippen molar-refractivity contribution in [1.82, 2.24) is 24.5 Å². The van der Waals surface area contributed by atoms with Gasteiger partial charge in [0.15, 0.2) is 5.82 Å². The summed E-state index contributed by atoms with van der Waals surface area (Å²) in [4.78, 5) is 30.8. The second kappa shape index (κ2) is 7.43.